The van der Waals surface area contributed by atoms with E-state index in [0.717, 1.165) is 18.7 Å². The highest BCUT2D eigenvalue weighted by atomic mass is 79.9. The van der Waals surface area contributed by atoms with Gasteiger partial charge in [-0.15, -0.1) is 11.3 Å². The van der Waals surface area contributed by atoms with Gasteiger partial charge >= 0.3 is 0 Å². The first-order chi connectivity index (χ1) is 10.0. The molecule has 0 aliphatic carbocycles. The summed E-state index contributed by atoms with van der Waals surface area (Å²) in [7, 11) is 0. The van der Waals surface area contributed by atoms with Crippen LogP contribution in [-0.2, 0) is 13.2 Å². The van der Waals surface area contributed by atoms with E-state index in [2.05, 4.69) is 41.2 Å². The van der Waals surface area contributed by atoms with Crippen molar-refractivity contribution in [2.24, 2.45) is 0 Å². The summed E-state index contributed by atoms with van der Waals surface area (Å²) in [4.78, 5) is 2.49. The van der Waals surface area contributed by atoms with Crippen molar-refractivity contribution in [3.63, 3.8) is 0 Å². The van der Waals surface area contributed by atoms with Crippen LogP contribution in [0.3, 0.4) is 0 Å². The minimum absolute atomic E-state index is 0.0777. The van der Waals surface area contributed by atoms with E-state index in [4.69, 9.17) is 16.3 Å². The van der Waals surface area contributed by atoms with Gasteiger partial charge in [-0.3, -0.25) is 0 Å². The molecule has 0 fully saturated rings. The largest absolute Gasteiger partial charge is 0.488 e. The molecule has 0 radical (unpaired) electrons. The molecule has 1 aromatic carbocycles. The standard InChI is InChI=1S/C15H16BrClFNOS/c1-3-19-7-11-4-10(9(2)21-11)8-20-15-6-14(18)13(17)5-12(15)16/h4-6,19H,3,7-8H2,1-2H3. The fourth-order valence-electron chi connectivity index (χ4n) is 1.84. The first kappa shape index (κ1) is 16.7. The number of ether oxygens (including phenoxy) is 1. The van der Waals surface area contributed by atoms with Crippen molar-refractivity contribution in [3.05, 3.63) is 48.8 Å². The second-order valence-electron chi connectivity index (χ2n) is 4.56. The van der Waals surface area contributed by atoms with Gasteiger partial charge < -0.3 is 10.1 Å². The second kappa shape index (κ2) is 7.58. The first-order valence-electron chi connectivity index (χ1n) is 6.57. The fraction of sp³-hybridized carbons (Fsp3) is 0.333. The molecule has 0 aliphatic heterocycles. The maximum Gasteiger partial charge on any atom is 0.145 e. The smallest absolute Gasteiger partial charge is 0.145 e. The number of rotatable bonds is 6. The van der Waals surface area contributed by atoms with Gasteiger partial charge in [0.2, 0.25) is 0 Å². The van der Waals surface area contributed by atoms with Crippen LogP contribution in [0, 0.1) is 12.7 Å². The van der Waals surface area contributed by atoms with Gasteiger partial charge in [0, 0.05) is 27.9 Å². The zero-order valence-corrected chi connectivity index (χ0v) is 15.0. The predicted molar refractivity (Wildman–Crippen MR) is 89.9 cm³/mol. The minimum atomic E-state index is -0.482. The summed E-state index contributed by atoms with van der Waals surface area (Å²) in [5.41, 5.74) is 1.12. The topological polar surface area (TPSA) is 21.3 Å². The molecular formula is C15H16BrClFNOS. The Morgan fingerprint density at radius 3 is 2.86 bits per heavy atom. The van der Waals surface area contributed by atoms with Crippen molar-refractivity contribution in [1.29, 1.82) is 0 Å². The van der Waals surface area contributed by atoms with Crippen LogP contribution >= 0.6 is 38.9 Å². The first-order valence-corrected chi connectivity index (χ1v) is 8.56. The maximum atomic E-state index is 13.5. The van der Waals surface area contributed by atoms with Crippen LogP contribution in [0.5, 0.6) is 5.75 Å². The van der Waals surface area contributed by atoms with E-state index in [1.807, 2.05) is 0 Å². The third-order valence-electron chi connectivity index (χ3n) is 2.98. The van der Waals surface area contributed by atoms with Crippen molar-refractivity contribution in [2.75, 3.05) is 6.54 Å². The second-order valence-corrected chi connectivity index (χ2v) is 7.16. The van der Waals surface area contributed by atoms with Gasteiger partial charge in [0.25, 0.3) is 0 Å². The van der Waals surface area contributed by atoms with Crippen LogP contribution in [0.25, 0.3) is 0 Å². The minimum Gasteiger partial charge on any atom is -0.488 e. The summed E-state index contributed by atoms with van der Waals surface area (Å²) in [5, 5.41) is 3.38. The van der Waals surface area contributed by atoms with E-state index in [1.54, 1.807) is 11.3 Å². The molecule has 0 saturated carbocycles. The Kier molecular flexibility index (Phi) is 6.05. The molecule has 1 aromatic heterocycles. The molecule has 1 heterocycles. The Balaban J connectivity index is 2.06. The molecule has 114 valence electrons. The fourth-order valence-corrected chi connectivity index (χ4v) is 3.61. The number of aryl methyl sites for hydroxylation is 1. The van der Waals surface area contributed by atoms with Gasteiger partial charge in [0.1, 0.15) is 18.2 Å². The third-order valence-corrected chi connectivity index (χ3v) is 4.98. The molecule has 0 spiro atoms. The van der Waals surface area contributed by atoms with Crippen LogP contribution in [0.2, 0.25) is 5.02 Å². The Morgan fingerprint density at radius 1 is 1.38 bits per heavy atom. The molecule has 2 rings (SSSR count). The zero-order chi connectivity index (χ0) is 15.4. The summed E-state index contributed by atoms with van der Waals surface area (Å²) in [5.74, 6) is -0.0273. The normalized spacial score (nSPS) is 10.9. The van der Waals surface area contributed by atoms with Crippen LogP contribution in [0.15, 0.2) is 22.7 Å². The molecule has 0 bridgehead atoms. The number of halogens is 3. The predicted octanol–water partition coefficient (Wildman–Crippen LogP) is 5.30. The zero-order valence-electron chi connectivity index (χ0n) is 11.8. The van der Waals surface area contributed by atoms with Crippen molar-refractivity contribution < 1.29 is 9.13 Å². The Hall–Kier alpha value is -0.620. The lowest BCUT2D eigenvalue weighted by Crippen LogP contribution is -2.10. The number of hydrogen-bond donors (Lipinski definition) is 1. The van der Waals surface area contributed by atoms with Gasteiger partial charge in [-0.1, -0.05) is 18.5 Å². The van der Waals surface area contributed by atoms with E-state index in [1.165, 1.54) is 21.9 Å². The van der Waals surface area contributed by atoms with Gasteiger partial charge in [0.05, 0.1) is 9.50 Å². The molecular weight excluding hydrogens is 377 g/mol. The lowest BCUT2D eigenvalue weighted by Gasteiger charge is -2.09. The average molecular weight is 393 g/mol. The molecule has 1 N–H and O–H groups in total. The lowest BCUT2D eigenvalue weighted by molar-refractivity contribution is 0.302. The van der Waals surface area contributed by atoms with Crippen molar-refractivity contribution in [1.82, 2.24) is 5.32 Å². The maximum absolute atomic E-state index is 13.5. The molecule has 2 nitrogen and oxygen atoms in total. The van der Waals surface area contributed by atoms with Crippen molar-refractivity contribution in [3.8, 4) is 5.75 Å². The van der Waals surface area contributed by atoms with E-state index in [0.29, 0.717) is 16.8 Å². The average Bonchev–Trinajstić information content (AvgIpc) is 2.79. The molecule has 0 atom stereocenters. The molecule has 0 unspecified atom stereocenters. The molecule has 2 aromatic rings. The Morgan fingerprint density at radius 2 is 2.14 bits per heavy atom. The van der Waals surface area contributed by atoms with Crippen LogP contribution in [0.4, 0.5) is 4.39 Å². The summed E-state index contributed by atoms with van der Waals surface area (Å²) < 4.78 is 19.8. The summed E-state index contributed by atoms with van der Waals surface area (Å²) in [6.45, 7) is 6.36. The Labute approximate surface area is 141 Å². The highest BCUT2D eigenvalue weighted by molar-refractivity contribution is 9.10. The van der Waals surface area contributed by atoms with Crippen molar-refractivity contribution in [2.45, 2.75) is 27.0 Å². The number of nitrogens with one attached hydrogen (secondary N) is 1. The van der Waals surface area contributed by atoms with Gasteiger partial charge in [-0.2, -0.15) is 0 Å². The van der Waals surface area contributed by atoms with E-state index in [-0.39, 0.29) is 5.02 Å². The third kappa shape index (κ3) is 4.42. The highest BCUT2D eigenvalue weighted by Gasteiger charge is 2.10. The van der Waals surface area contributed by atoms with E-state index in [9.17, 15) is 4.39 Å². The lowest BCUT2D eigenvalue weighted by atomic mass is 10.2. The van der Waals surface area contributed by atoms with Gasteiger partial charge in [0.15, 0.2) is 0 Å². The van der Waals surface area contributed by atoms with E-state index < -0.39 is 5.82 Å². The quantitative estimate of drug-likeness (QED) is 0.674. The summed E-state index contributed by atoms with van der Waals surface area (Å²) in [6.07, 6.45) is 0. The van der Waals surface area contributed by atoms with Gasteiger partial charge in [-0.05, 0) is 41.5 Å². The van der Waals surface area contributed by atoms with Gasteiger partial charge in [-0.25, -0.2) is 4.39 Å². The summed E-state index contributed by atoms with van der Waals surface area (Å²) in [6, 6.07) is 4.93. The molecule has 0 amide bonds. The van der Waals surface area contributed by atoms with Crippen LogP contribution in [0.1, 0.15) is 22.2 Å². The molecule has 6 heteroatoms. The monoisotopic (exact) mass is 391 g/mol. The number of thiophene rings is 1. The van der Waals surface area contributed by atoms with E-state index >= 15 is 0 Å². The SMILES string of the molecule is CCNCc1cc(COc2cc(F)c(Cl)cc2Br)c(C)s1. The molecule has 0 aliphatic rings. The van der Waals surface area contributed by atoms with Crippen LogP contribution in [-0.4, -0.2) is 6.54 Å². The summed E-state index contributed by atoms with van der Waals surface area (Å²) >= 11 is 10.8. The van der Waals surface area contributed by atoms with Crippen molar-refractivity contribution >= 4 is 38.9 Å². The van der Waals surface area contributed by atoms with Crippen LogP contribution < -0.4 is 10.1 Å². The number of benzene rings is 1. The highest BCUT2D eigenvalue weighted by Crippen LogP contribution is 2.32. The molecule has 0 saturated heterocycles. The molecule has 21 heavy (non-hydrogen) atoms. The Bertz CT molecular complexity index is 632. The number of hydrogen-bond acceptors (Lipinski definition) is 3.